The van der Waals surface area contributed by atoms with Gasteiger partial charge < -0.3 is 10.6 Å². The summed E-state index contributed by atoms with van der Waals surface area (Å²) < 4.78 is 0. The van der Waals surface area contributed by atoms with Crippen molar-refractivity contribution in [2.45, 2.75) is 45.6 Å². The van der Waals surface area contributed by atoms with Gasteiger partial charge in [-0.3, -0.25) is 14.5 Å². The monoisotopic (exact) mass is 329 g/mol. The topological polar surface area (TPSA) is 61.4 Å². The minimum atomic E-state index is 0.0147. The number of nitrogens with zero attached hydrogens (tertiary/aromatic N) is 1. The highest BCUT2D eigenvalue weighted by atomic mass is 16.2. The smallest absolute Gasteiger partial charge is 0.238 e. The molecular weight excluding hydrogens is 302 g/mol. The summed E-state index contributed by atoms with van der Waals surface area (Å²) in [5.41, 5.74) is 3.15. The normalized spacial score (nSPS) is 19.1. The quantitative estimate of drug-likeness (QED) is 0.871. The molecule has 1 aromatic carbocycles. The second-order valence-electron chi connectivity index (χ2n) is 7.26. The molecule has 0 bridgehead atoms. The van der Waals surface area contributed by atoms with E-state index >= 15 is 0 Å². The highest BCUT2D eigenvalue weighted by Crippen LogP contribution is 2.22. The fourth-order valence-corrected chi connectivity index (χ4v) is 3.35. The molecule has 24 heavy (non-hydrogen) atoms. The van der Waals surface area contributed by atoms with E-state index in [9.17, 15) is 9.59 Å². The first-order valence-corrected chi connectivity index (χ1v) is 8.90. The number of hydrogen-bond acceptors (Lipinski definition) is 3. The van der Waals surface area contributed by atoms with E-state index in [1.165, 1.54) is 0 Å². The van der Waals surface area contributed by atoms with E-state index in [4.69, 9.17) is 0 Å². The molecule has 2 fully saturated rings. The fourth-order valence-electron chi connectivity index (χ4n) is 3.35. The predicted molar refractivity (Wildman–Crippen MR) is 94.9 cm³/mol. The first-order chi connectivity index (χ1) is 11.5. The Hall–Kier alpha value is -1.88. The van der Waals surface area contributed by atoms with Crippen molar-refractivity contribution < 1.29 is 9.59 Å². The van der Waals surface area contributed by atoms with Gasteiger partial charge in [0.15, 0.2) is 0 Å². The Morgan fingerprint density at radius 2 is 1.67 bits per heavy atom. The molecule has 1 saturated heterocycles. The van der Waals surface area contributed by atoms with E-state index in [0.717, 1.165) is 55.6 Å². The molecule has 0 aromatic heterocycles. The van der Waals surface area contributed by atoms with Crippen LogP contribution in [0.15, 0.2) is 18.2 Å². The molecule has 0 atom stereocenters. The summed E-state index contributed by atoms with van der Waals surface area (Å²) in [6.45, 7) is 6.07. The lowest BCUT2D eigenvalue weighted by Crippen LogP contribution is -2.43. The molecule has 2 N–H and O–H groups in total. The Morgan fingerprint density at radius 3 is 2.25 bits per heavy atom. The van der Waals surface area contributed by atoms with Crippen LogP contribution >= 0.6 is 0 Å². The number of amides is 2. The molecule has 130 valence electrons. The number of likely N-dealkylation sites (tertiary alicyclic amines) is 1. The average molecular weight is 329 g/mol. The van der Waals surface area contributed by atoms with Gasteiger partial charge in [0.05, 0.1) is 6.54 Å². The molecule has 1 heterocycles. The highest BCUT2D eigenvalue weighted by molar-refractivity contribution is 5.92. The van der Waals surface area contributed by atoms with Gasteiger partial charge in [-0.2, -0.15) is 0 Å². The van der Waals surface area contributed by atoms with Crippen LogP contribution in [0.5, 0.6) is 0 Å². The molecule has 5 heteroatoms. The minimum absolute atomic E-state index is 0.0147. The maximum Gasteiger partial charge on any atom is 0.238 e. The summed E-state index contributed by atoms with van der Waals surface area (Å²) in [6, 6.07) is 6.49. The van der Waals surface area contributed by atoms with Gasteiger partial charge in [-0.05, 0) is 75.9 Å². The van der Waals surface area contributed by atoms with E-state index < -0.39 is 0 Å². The number of nitrogens with one attached hydrogen (secondary N) is 2. The third-order valence-corrected chi connectivity index (χ3v) is 4.75. The summed E-state index contributed by atoms with van der Waals surface area (Å²) in [4.78, 5) is 26.5. The Labute approximate surface area is 143 Å². The number of rotatable bonds is 5. The third kappa shape index (κ3) is 4.81. The number of anilines is 1. The Morgan fingerprint density at radius 1 is 1.04 bits per heavy atom. The van der Waals surface area contributed by atoms with Crippen LogP contribution in [-0.4, -0.2) is 42.4 Å². The average Bonchev–Trinajstić information content (AvgIpc) is 3.30. The first-order valence-electron chi connectivity index (χ1n) is 8.90. The zero-order valence-corrected chi connectivity index (χ0v) is 14.6. The van der Waals surface area contributed by atoms with E-state index in [0.29, 0.717) is 12.6 Å². The van der Waals surface area contributed by atoms with Crippen LogP contribution in [0.25, 0.3) is 0 Å². The molecule has 1 aliphatic carbocycles. The van der Waals surface area contributed by atoms with Crippen molar-refractivity contribution in [2.24, 2.45) is 5.92 Å². The molecule has 0 unspecified atom stereocenters. The predicted octanol–water partition coefficient (Wildman–Crippen LogP) is 2.23. The lowest BCUT2D eigenvalue weighted by atomic mass is 9.96. The molecule has 1 saturated carbocycles. The van der Waals surface area contributed by atoms with Crippen LogP contribution in [0, 0.1) is 19.8 Å². The number of carbonyl (C=O) groups excluding carboxylic acids is 2. The van der Waals surface area contributed by atoms with Crippen molar-refractivity contribution in [3.8, 4) is 0 Å². The van der Waals surface area contributed by atoms with E-state index in [-0.39, 0.29) is 17.7 Å². The number of benzene rings is 1. The van der Waals surface area contributed by atoms with Gasteiger partial charge in [0, 0.05) is 17.6 Å². The van der Waals surface area contributed by atoms with Crippen molar-refractivity contribution in [1.29, 1.82) is 0 Å². The summed E-state index contributed by atoms with van der Waals surface area (Å²) in [5, 5.41) is 6.06. The van der Waals surface area contributed by atoms with Gasteiger partial charge in [-0.25, -0.2) is 0 Å². The van der Waals surface area contributed by atoms with Crippen molar-refractivity contribution in [3.63, 3.8) is 0 Å². The maximum absolute atomic E-state index is 12.2. The zero-order valence-electron chi connectivity index (χ0n) is 14.6. The fraction of sp³-hybridized carbons (Fsp3) is 0.579. The second kappa shape index (κ2) is 7.34. The van der Waals surface area contributed by atoms with Crippen LogP contribution < -0.4 is 10.6 Å². The molecule has 2 aliphatic rings. The van der Waals surface area contributed by atoms with E-state index in [1.807, 2.05) is 26.0 Å². The van der Waals surface area contributed by atoms with Crippen molar-refractivity contribution in [2.75, 3.05) is 25.0 Å². The largest absolute Gasteiger partial charge is 0.353 e. The van der Waals surface area contributed by atoms with Gasteiger partial charge in [0.2, 0.25) is 11.8 Å². The van der Waals surface area contributed by atoms with Crippen molar-refractivity contribution >= 4 is 17.5 Å². The Balaban J connectivity index is 1.43. The van der Waals surface area contributed by atoms with Crippen LogP contribution in [0.3, 0.4) is 0 Å². The first kappa shape index (κ1) is 17.0. The van der Waals surface area contributed by atoms with E-state index in [1.54, 1.807) is 0 Å². The van der Waals surface area contributed by atoms with Gasteiger partial charge in [0.1, 0.15) is 0 Å². The van der Waals surface area contributed by atoms with Gasteiger partial charge >= 0.3 is 0 Å². The highest BCUT2D eigenvalue weighted by Gasteiger charge is 2.30. The molecule has 0 radical (unpaired) electrons. The van der Waals surface area contributed by atoms with Crippen LogP contribution in [-0.2, 0) is 9.59 Å². The summed E-state index contributed by atoms with van der Waals surface area (Å²) in [5.74, 6) is 0.335. The molecule has 5 nitrogen and oxygen atoms in total. The Bertz CT molecular complexity index is 597. The van der Waals surface area contributed by atoms with E-state index in [2.05, 4.69) is 21.6 Å². The van der Waals surface area contributed by atoms with Gasteiger partial charge in [-0.1, -0.05) is 6.07 Å². The van der Waals surface area contributed by atoms with Crippen molar-refractivity contribution in [1.82, 2.24) is 10.2 Å². The lowest BCUT2D eigenvalue weighted by molar-refractivity contribution is -0.126. The second-order valence-corrected chi connectivity index (χ2v) is 7.26. The molecule has 1 aromatic rings. The van der Waals surface area contributed by atoms with Crippen LogP contribution in [0.2, 0.25) is 0 Å². The summed E-state index contributed by atoms with van der Waals surface area (Å²) in [7, 11) is 0. The van der Waals surface area contributed by atoms with Gasteiger partial charge in [-0.15, -0.1) is 0 Å². The zero-order chi connectivity index (χ0) is 17.1. The SMILES string of the molecule is Cc1cc(C)cc(NC(=O)CN2CCC(C(=O)NC3CC3)CC2)c1. The summed E-state index contributed by atoms with van der Waals surface area (Å²) in [6.07, 6.45) is 3.94. The number of piperidine rings is 1. The minimum Gasteiger partial charge on any atom is -0.353 e. The lowest BCUT2D eigenvalue weighted by Gasteiger charge is -2.30. The molecule has 1 aliphatic heterocycles. The molecule has 0 spiro atoms. The van der Waals surface area contributed by atoms with Crippen molar-refractivity contribution in [3.05, 3.63) is 29.3 Å². The standard InChI is InChI=1S/C19H27N3O2/c1-13-9-14(2)11-17(10-13)20-18(23)12-22-7-5-15(6-8-22)19(24)21-16-3-4-16/h9-11,15-16H,3-8,12H2,1-2H3,(H,20,23)(H,21,24). The molecule has 3 rings (SSSR count). The third-order valence-electron chi connectivity index (χ3n) is 4.75. The molecular formula is C19H27N3O2. The number of hydrogen-bond donors (Lipinski definition) is 2. The molecule has 2 amide bonds. The van der Waals surface area contributed by atoms with Crippen LogP contribution in [0.1, 0.15) is 36.8 Å². The number of carbonyl (C=O) groups is 2. The Kier molecular flexibility index (Phi) is 5.19. The number of aryl methyl sites for hydroxylation is 2. The maximum atomic E-state index is 12.2. The van der Waals surface area contributed by atoms with Crippen LogP contribution in [0.4, 0.5) is 5.69 Å². The van der Waals surface area contributed by atoms with Gasteiger partial charge in [0.25, 0.3) is 0 Å². The summed E-state index contributed by atoms with van der Waals surface area (Å²) >= 11 is 0.